The molecule has 3 rings (SSSR count). The summed E-state index contributed by atoms with van der Waals surface area (Å²) in [5.74, 6) is -0.349. The normalized spacial score (nSPS) is 23.7. The molecule has 1 fully saturated rings. The molecule has 1 amide bonds. The largest absolute Gasteiger partial charge is 0.324 e. The van der Waals surface area contributed by atoms with Gasteiger partial charge in [-0.3, -0.25) is 4.79 Å². The molecule has 5 heteroatoms. The Morgan fingerprint density at radius 3 is 2.56 bits per heavy atom. The van der Waals surface area contributed by atoms with Crippen LogP contribution in [-0.4, -0.2) is 19.1 Å². The maximum absolute atomic E-state index is 12.7. The number of rotatable bonds is 0. The third kappa shape index (κ3) is 1.31. The molecule has 18 heavy (non-hydrogen) atoms. The van der Waals surface area contributed by atoms with Crippen molar-refractivity contribution in [3.63, 3.8) is 0 Å². The Bertz CT molecular complexity index is 628. The first kappa shape index (κ1) is 11.7. The van der Waals surface area contributed by atoms with Gasteiger partial charge >= 0.3 is 0 Å². The van der Waals surface area contributed by atoms with Crippen molar-refractivity contribution in [2.45, 2.75) is 42.2 Å². The summed E-state index contributed by atoms with van der Waals surface area (Å²) in [4.78, 5) is 12.5. The highest BCUT2D eigenvalue weighted by Gasteiger charge is 2.56. The molecule has 1 aliphatic heterocycles. The van der Waals surface area contributed by atoms with Crippen molar-refractivity contribution in [2.75, 3.05) is 5.32 Å². The van der Waals surface area contributed by atoms with Crippen molar-refractivity contribution >= 4 is 21.4 Å². The molecule has 1 aromatic carbocycles. The third-order valence-corrected chi connectivity index (χ3v) is 6.57. The molecule has 0 atom stereocenters. The van der Waals surface area contributed by atoms with Gasteiger partial charge in [0.1, 0.15) is 0 Å². The lowest BCUT2D eigenvalue weighted by Crippen LogP contribution is -2.50. The fourth-order valence-corrected chi connectivity index (χ4v) is 5.18. The van der Waals surface area contributed by atoms with Gasteiger partial charge in [0.05, 0.1) is 10.6 Å². The summed E-state index contributed by atoms with van der Waals surface area (Å²) >= 11 is 0. The minimum Gasteiger partial charge on any atom is -0.324 e. The second-order valence-electron chi connectivity index (χ2n) is 5.16. The maximum atomic E-state index is 12.7. The standard InChI is InChI=1S/C13H15NO3S/c1-9-4-5-11-10(8-9)14-12(15)13(18(11,16)17)6-2-3-7-13/h4-5,8H,2-3,6-7H2,1H3,(H,14,15). The van der Waals surface area contributed by atoms with Gasteiger partial charge in [0.25, 0.3) is 0 Å². The van der Waals surface area contributed by atoms with E-state index in [0.717, 1.165) is 18.4 Å². The zero-order valence-corrected chi connectivity index (χ0v) is 11.0. The molecular formula is C13H15NO3S. The molecule has 0 saturated heterocycles. The second kappa shape index (κ2) is 3.57. The quantitative estimate of drug-likeness (QED) is 0.780. The molecule has 1 spiro atoms. The van der Waals surface area contributed by atoms with E-state index in [-0.39, 0.29) is 10.8 Å². The number of fused-ring (bicyclic) bond motifs is 1. The first-order valence-electron chi connectivity index (χ1n) is 6.14. The van der Waals surface area contributed by atoms with Crippen molar-refractivity contribution in [1.82, 2.24) is 0 Å². The fourth-order valence-electron chi connectivity index (χ4n) is 2.99. The van der Waals surface area contributed by atoms with Gasteiger partial charge in [-0.2, -0.15) is 0 Å². The van der Waals surface area contributed by atoms with Crippen LogP contribution in [0.5, 0.6) is 0 Å². The van der Waals surface area contributed by atoms with Gasteiger partial charge in [0, 0.05) is 0 Å². The number of nitrogens with one attached hydrogen (secondary N) is 1. The van der Waals surface area contributed by atoms with Crippen LogP contribution in [0.4, 0.5) is 5.69 Å². The molecular weight excluding hydrogens is 250 g/mol. The SMILES string of the molecule is Cc1ccc2c(c1)NC(=O)C1(CCCC1)S2(=O)=O. The molecule has 1 heterocycles. The number of carbonyl (C=O) groups is 1. The van der Waals surface area contributed by atoms with Crippen molar-refractivity contribution in [3.8, 4) is 0 Å². The van der Waals surface area contributed by atoms with Crippen LogP contribution in [0, 0.1) is 6.92 Å². The van der Waals surface area contributed by atoms with Gasteiger partial charge in [0.15, 0.2) is 14.6 Å². The lowest BCUT2D eigenvalue weighted by Gasteiger charge is -2.33. The highest BCUT2D eigenvalue weighted by Crippen LogP contribution is 2.46. The van der Waals surface area contributed by atoms with Crippen LogP contribution in [-0.2, 0) is 14.6 Å². The highest BCUT2D eigenvalue weighted by atomic mass is 32.2. The Balaban J connectivity index is 2.26. The maximum Gasteiger partial charge on any atom is 0.246 e. The number of aryl methyl sites for hydroxylation is 1. The van der Waals surface area contributed by atoms with Gasteiger partial charge in [-0.1, -0.05) is 18.9 Å². The Kier molecular flexibility index (Phi) is 2.32. The van der Waals surface area contributed by atoms with Gasteiger partial charge in [0.2, 0.25) is 5.91 Å². The zero-order chi connectivity index (χ0) is 13.0. The van der Waals surface area contributed by atoms with E-state index in [1.54, 1.807) is 18.2 Å². The highest BCUT2D eigenvalue weighted by molar-refractivity contribution is 7.94. The monoisotopic (exact) mass is 265 g/mol. The van der Waals surface area contributed by atoms with Gasteiger partial charge in [-0.05, 0) is 37.5 Å². The van der Waals surface area contributed by atoms with Crippen LogP contribution in [0.2, 0.25) is 0 Å². The van der Waals surface area contributed by atoms with E-state index in [4.69, 9.17) is 0 Å². The second-order valence-corrected chi connectivity index (χ2v) is 7.39. The fraction of sp³-hybridized carbons (Fsp3) is 0.462. The Labute approximate surface area is 106 Å². The number of hydrogen-bond acceptors (Lipinski definition) is 3. The summed E-state index contributed by atoms with van der Waals surface area (Å²) in [7, 11) is -3.56. The summed E-state index contributed by atoms with van der Waals surface area (Å²) in [6, 6.07) is 5.10. The van der Waals surface area contributed by atoms with Gasteiger partial charge < -0.3 is 5.32 Å². The molecule has 1 aliphatic carbocycles. The number of amides is 1. The molecule has 4 nitrogen and oxygen atoms in total. The van der Waals surface area contributed by atoms with E-state index in [9.17, 15) is 13.2 Å². The summed E-state index contributed by atoms with van der Waals surface area (Å²) in [6.45, 7) is 1.87. The van der Waals surface area contributed by atoms with Crippen molar-refractivity contribution < 1.29 is 13.2 Å². The third-order valence-electron chi connectivity index (χ3n) is 4.01. The topological polar surface area (TPSA) is 63.2 Å². The summed E-state index contributed by atoms with van der Waals surface area (Å²) in [6.07, 6.45) is 2.48. The molecule has 0 radical (unpaired) electrons. The molecule has 1 aromatic rings. The van der Waals surface area contributed by atoms with E-state index in [2.05, 4.69) is 5.32 Å². The van der Waals surface area contributed by atoms with Crippen molar-refractivity contribution in [1.29, 1.82) is 0 Å². The average molecular weight is 265 g/mol. The predicted molar refractivity (Wildman–Crippen MR) is 68.2 cm³/mol. The van der Waals surface area contributed by atoms with Crippen LogP contribution in [0.1, 0.15) is 31.2 Å². The van der Waals surface area contributed by atoms with E-state index >= 15 is 0 Å². The van der Waals surface area contributed by atoms with Gasteiger partial charge in [-0.25, -0.2) is 8.42 Å². The van der Waals surface area contributed by atoms with Crippen LogP contribution >= 0.6 is 0 Å². The smallest absolute Gasteiger partial charge is 0.246 e. The summed E-state index contributed by atoms with van der Waals surface area (Å²) < 4.78 is 24.2. The summed E-state index contributed by atoms with van der Waals surface area (Å²) in [5, 5.41) is 2.77. The molecule has 0 aromatic heterocycles. The minimum atomic E-state index is -3.56. The number of sulfone groups is 1. The first-order valence-corrected chi connectivity index (χ1v) is 7.62. The lowest BCUT2D eigenvalue weighted by atomic mass is 10.1. The predicted octanol–water partition coefficient (Wildman–Crippen LogP) is 2.03. The van der Waals surface area contributed by atoms with Gasteiger partial charge in [-0.15, -0.1) is 0 Å². The Morgan fingerprint density at radius 1 is 1.22 bits per heavy atom. The van der Waals surface area contributed by atoms with E-state index in [0.29, 0.717) is 18.5 Å². The van der Waals surface area contributed by atoms with Crippen molar-refractivity contribution in [2.24, 2.45) is 0 Å². The number of hydrogen-bond donors (Lipinski definition) is 1. The molecule has 0 bridgehead atoms. The van der Waals surface area contributed by atoms with Crippen LogP contribution < -0.4 is 5.32 Å². The molecule has 2 aliphatic rings. The Hall–Kier alpha value is -1.36. The minimum absolute atomic E-state index is 0.273. The molecule has 1 N–H and O–H groups in total. The first-order chi connectivity index (χ1) is 8.47. The zero-order valence-electron chi connectivity index (χ0n) is 10.2. The van der Waals surface area contributed by atoms with Crippen LogP contribution in [0.25, 0.3) is 0 Å². The molecule has 0 unspecified atom stereocenters. The lowest BCUT2D eigenvalue weighted by molar-refractivity contribution is -0.118. The van der Waals surface area contributed by atoms with Crippen LogP contribution in [0.3, 0.4) is 0 Å². The van der Waals surface area contributed by atoms with Crippen molar-refractivity contribution in [3.05, 3.63) is 23.8 Å². The van der Waals surface area contributed by atoms with E-state index in [1.807, 2.05) is 6.92 Å². The number of carbonyl (C=O) groups excluding carboxylic acids is 1. The summed E-state index contributed by atoms with van der Waals surface area (Å²) in [5.41, 5.74) is 1.36. The number of anilines is 1. The number of benzene rings is 1. The van der Waals surface area contributed by atoms with E-state index in [1.165, 1.54) is 0 Å². The molecule has 96 valence electrons. The Morgan fingerprint density at radius 2 is 1.89 bits per heavy atom. The van der Waals surface area contributed by atoms with Crippen LogP contribution in [0.15, 0.2) is 23.1 Å². The van der Waals surface area contributed by atoms with E-state index < -0.39 is 14.6 Å². The molecule has 1 saturated carbocycles. The average Bonchev–Trinajstić information content (AvgIpc) is 2.77.